The molecule has 118 heavy (non-hydrogen) atoms. The number of carboxylic acid groups (broad SMARTS) is 1. The van der Waals surface area contributed by atoms with Crippen LogP contribution in [-0.2, 0) is 36.9 Å². The molecule has 0 aliphatic heterocycles. The molecule has 13 rings (SSSR count). The molecule has 0 saturated carbocycles. The smallest absolute Gasteiger partial charge is 0.308 e. The Kier molecular flexibility index (Phi) is 37.1. The third-order valence-electron chi connectivity index (χ3n) is 14.5. The van der Waals surface area contributed by atoms with Crippen molar-refractivity contribution in [2.45, 2.75) is 32.7 Å². The molecule has 0 atom stereocenters. The number of benzene rings is 6. The molecule has 7 amide bonds. The van der Waals surface area contributed by atoms with Crippen molar-refractivity contribution in [1.29, 1.82) is 0 Å². The number of nitrogens with zero attached hydrogens (tertiary/aromatic N) is 10. The normalized spacial score (nSPS) is 10.6. The summed E-state index contributed by atoms with van der Waals surface area (Å²) in [5.74, 6) is -0.000866. The highest BCUT2D eigenvalue weighted by Gasteiger charge is 2.20. The third-order valence-corrected chi connectivity index (χ3v) is 17.4. The van der Waals surface area contributed by atoms with E-state index in [1.54, 1.807) is 126 Å². The number of halogens is 3. The molecular weight excluding hydrogens is 1740 g/mol. The second-order valence-electron chi connectivity index (χ2n) is 23.1. The first-order chi connectivity index (χ1) is 57.2. The number of amides is 7. The van der Waals surface area contributed by atoms with Crippen LogP contribution >= 0.6 is 59.1 Å². The number of aryl methyl sites for hydroxylation is 2. The topological polar surface area (TPSA) is 464 Å². The number of carboxylic acids is 1. The summed E-state index contributed by atoms with van der Waals surface area (Å²) in [5, 5.41) is 52.4. The van der Waals surface area contributed by atoms with Gasteiger partial charge in [-0.25, -0.2) is 36.8 Å². The van der Waals surface area contributed by atoms with E-state index in [4.69, 9.17) is 31.9 Å². The number of hydrogen-bond donors (Lipinski definition) is 8. The molecule has 0 fully saturated rings. The monoisotopic (exact) mass is 1810 g/mol. The van der Waals surface area contributed by atoms with Crippen molar-refractivity contribution in [3.05, 3.63) is 323 Å². The number of nitro groups is 1. The quantitative estimate of drug-likeness (QED) is 0.0128. The fourth-order valence-corrected chi connectivity index (χ4v) is 11.3. The fourth-order valence-electron chi connectivity index (χ4n) is 9.16. The lowest BCUT2D eigenvalue weighted by Gasteiger charge is -2.06. The summed E-state index contributed by atoms with van der Waals surface area (Å²) in [4.78, 5) is 108. The molecule has 604 valence electrons. The number of carbonyl (C=O) groups is 8. The minimum absolute atomic E-state index is 0.0247. The number of ether oxygens (including phenoxy) is 1. The van der Waals surface area contributed by atoms with Gasteiger partial charge in [0.15, 0.2) is 6.61 Å². The molecule has 0 radical (unpaired) electrons. The van der Waals surface area contributed by atoms with Crippen molar-refractivity contribution in [2.75, 3.05) is 19.7 Å². The summed E-state index contributed by atoms with van der Waals surface area (Å²) in [6.45, 7) is 2.30. The van der Waals surface area contributed by atoms with Crippen LogP contribution in [0.15, 0.2) is 305 Å². The second kappa shape index (κ2) is 49.2. The molecule has 7 heterocycles. The summed E-state index contributed by atoms with van der Waals surface area (Å²) in [7, 11) is 0. The second-order valence-corrected chi connectivity index (χ2v) is 27.0. The lowest BCUT2D eigenvalue weighted by atomic mass is 10.1. The lowest BCUT2D eigenvalue weighted by molar-refractivity contribution is -0.385. The van der Waals surface area contributed by atoms with E-state index in [1.165, 1.54) is 91.7 Å². The number of nitro benzene ring substituents is 1. The first-order valence-corrected chi connectivity index (χ1v) is 37.9. The van der Waals surface area contributed by atoms with E-state index >= 15 is 0 Å². The van der Waals surface area contributed by atoms with Crippen LogP contribution in [0.3, 0.4) is 0 Å². The summed E-state index contributed by atoms with van der Waals surface area (Å²) in [6.07, 6.45) is 14.9. The number of furan rings is 5. The number of nitrogens with one attached hydrogen (secondary N) is 7. The lowest BCUT2D eigenvalue weighted by Crippen LogP contribution is -2.35. The number of carbonyl (C=O) groups excluding carboxylic acids is 7. The standard InChI is InChI=1S/C15H14BrN3O3.C14H12BrN3O3.C14H13N5O2.C13H12N2O3.C12H10BrNO2S.C12H9N3O4/c16-13-6-2-1-5-12(13)15(21)17-8-7-14(20)19-18-10-11-4-3-9-22-11;15-12-6-2-1-5-11(12)14(20)16-9-13(19)18-17-8-10-4-3-7-21-10;20-14(17-15-10-11-4-3-9-21-11)7-8-19-13-6-2-1-5-12(13)16-18-19;16-13(10-18-11-5-2-1-3-6-11)15-14-9-12-7-4-8-17-12;1-7-14-12(10(17-7)6-11(15)16)8-2-4-9(13)5-3-8;16-12(14-13-8-9-4-3-7-19-9)10-5-1-2-6-11(10)15(17)18/h1-6,9-10H,7-8H2,(H,17,21)(H,19,20);1-8H,9H2,(H,16,20)(H,18,19);1-6,9-10H,7-8H2,(H,17,20);1-9H,10H2,(H,15,16);2-5H,6H2,1H3,(H,15,16);1-8H,(H,14,16)/b18-10+;17-8+;15-10+;14-9+;;13-8+. The van der Waals surface area contributed by atoms with E-state index in [2.05, 4.69) is 126 Å². The zero-order valence-electron chi connectivity index (χ0n) is 61.9. The zero-order chi connectivity index (χ0) is 84.1. The Hall–Kier alpha value is -14.5. The van der Waals surface area contributed by atoms with Crippen molar-refractivity contribution in [2.24, 2.45) is 25.5 Å². The predicted molar refractivity (Wildman–Crippen MR) is 448 cm³/mol. The molecule has 0 saturated heterocycles. The van der Waals surface area contributed by atoms with Crippen LogP contribution in [0.4, 0.5) is 5.69 Å². The fraction of sp³-hybridized carbons (Fsp3) is 0.100. The van der Waals surface area contributed by atoms with Crippen LogP contribution in [-0.4, -0.2) is 128 Å². The number of thiazole rings is 1. The average Bonchev–Trinajstić information content (AvgIpc) is 1.66. The number of para-hydroxylation sites is 3. The number of hydrogen-bond acceptors (Lipinski definition) is 25. The third kappa shape index (κ3) is 32.2. The van der Waals surface area contributed by atoms with Crippen molar-refractivity contribution in [1.82, 2.24) is 57.7 Å². The summed E-state index contributed by atoms with van der Waals surface area (Å²) < 4.78 is 34.4. The molecule has 0 spiro atoms. The first-order valence-electron chi connectivity index (χ1n) is 34.7. The Bertz CT molecular complexity index is 5510. The number of fused-ring (bicyclic) bond motifs is 1. The number of rotatable bonds is 28. The van der Waals surface area contributed by atoms with Gasteiger partial charge in [0.25, 0.3) is 35.2 Å². The Balaban J connectivity index is 0.000000177. The Morgan fingerprint density at radius 3 is 1.46 bits per heavy atom. The van der Waals surface area contributed by atoms with Gasteiger partial charge in [0.1, 0.15) is 45.6 Å². The minimum atomic E-state index is -0.827. The summed E-state index contributed by atoms with van der Waals surface area (Å²) >= 11 is 11.4. The molecule has 0 bridgehead atoms. The van der Waals surface area contributed by atoms with Gasteiger partial charge in [-0.3, -0.25) is 48.5 Å². The highest BCUT2D eigenvalue weighted by molar-refractivity contribution is 9.11. The number of aliphatic carboxylic acids is 1. The zero-order valence-corrected chi connectivity index (χ0v) is 67.5. The SMILES string of the molecule is Cc1nc(-c2ccc(Br)cc2)c(CC(=O)O)s1.O=C(CCNC(=O)c1ccccc1Br)N/N=C/c1ccco1.O=C(CCn1nnc2ccccc21)N/N=C/c1ccco1.O=C(CNC(=O)c1ccccc1Br)N/N=C/c1ccco1.O=C(COc1ccccc1)N/N=C/c1ccco1.O=C(N/N=C/c1ccco1)c1ccccc1[N+](=O)[O-]. The molecule has 6 aromatic carbocycles. The average molecular weight is 1810 g/mol. The molecule has 7 aromatic heterocycles. The molecular formula is C80H70Br3N17O17S. The maximum absolute atomic E-state index is 11.9. The molecule has 0 aliphatic carbocycles. The maximum atomic E-state index is 11.9. The number of aromatic nitrogens is 4. The van der Waals surface area contributed by atoms with Crippen LogP contribution in [0.25, 0.3) is 22.3 Å². The van der Waals surface area contributed by atoms with Crippen LogP contribution in [0.5, 0.6) is 5.75 Å². The Labute approximate surface area is 700 Å². The summed E-state index contributed by atoms with van der Waals surface area (Å²) in [6, 6.07) is 61.3. The highest BCUT2D eigenvalue weighted by Crippen LogP contribution is 2.30. The molecule has 38 heteroatoms. The maximum Gasteiger partial charge on any atom is 0.308 e. The van der Waals surface area contributed by atoms with Crippen LogP contribution in [0.1, 0.15) is 82.6 Å². The van der Waals surface area contributed by atoms with Gasteiger partial charge in [0.2, 0.25) is 11.8 Å². The summed E-state index contributed by atoms with van der Waals surface area (Å²) in [5.41, 5.74) is 15.7. The van der Waals surface area contributed by atoms with Crippen LogP contribution < -0.4 is 42.5 Å². The van der Waals surface area contributed by atoms with Gasteiger partial charge in [-0.05, 0) is 166 Å². The van der Waals surface area contributed by atoms with Crippen LogP contribution in [0, 0.1) is 17.0 Å². The molecule has 0 unspecified atom stereocenters. The predicted octanol–water partition coefficient (Wildman–Crippen LogP) is 13.1. The number of hydrazone groups is 5. The van der Waals surface area contributed by atoms with Gasteiger partial charge in [-0.15, -0.1) is 16.4 Å². The minimum Gasteiger partial charge on any atom is -0.484 e. The van der Waals surface area contributed by atoms with E-state index in [1.807, 2.05) is 79.7 Å². The Morgan fingerprint density at radius 2 is 0.958 bits per heavy atom. The van der Waals surface area contributed by atoms with E-state index in [-0.39, 0.29) is 79.7 Å². The van der Waals surface area contributed by atoms with Gasteiger partial charge in [-0.2, -0.15) is 25.5 Å². The van der Waals surface area contributed by atoms with E-state index < -0.39 is 22.7 Å². The van der Waals surface area contributed by atoms with Crippen molar-refractivity contribution in [3.63, 3.8) is 0 Å². The van der Waals surface area contributed by atoms with Gasteiger partial charge in [-0.1, -0.05) is 100 Å². The van der Waals surface area contributed by atoms with Gasteiger partial charge >= 0.3 is 5.97 Å². The van der Waals surface area contributed by atoms with E-state index in [0.29, 0.717) is 61.2 Å². The Morgan fingerprint density at radius 1 is 0.508 bits per heavy atom. The van der Waals surface area contributed by atoms with Crippen molar-refractivity contribution in [3.8, 4) is 17.0 Å². The molecule has 34 nitrogen and oxygen atoms in total. The van der Waals surface area contributed by atoms with Gasteiger partial charge < -0.3 is 42.6 Å². The highest BCUT2D eigenvalue weighted by atomic mass is 79.9. The van der Waals surface area contributed by atoms with E-state index in [0.717, 1.165) is 36.6 Å². The first kappa shape index (κ1) is 89.1. The van der Waals surface area contributed by atoms with Gasteiger partial charge in [0.05, 0.1) is 114 Å². The largest absolute Gasteiger partial charge is 0.484 e. The van der Waals surface area contributed by atoms with Gasteiger partial charge in [0, 0.05) is 49.3 Å². The van der Waals surface area contributed by atoms with Crippen molar-refractivity contribution < 1.29 is 75.2 Å². The molecule has 13 aromatic rings. The van der Waals surface area contributed by atoms with Crippen molar-refractivity contribution >= 4 is 154 Å². The molecule has 8 N–H and O–H groups in total. The van der Waals surface area contributed by atoms with E-state index in [9.17, 15) is 48.5 Å². The molecule has 0 aliphatic rings. The van der Waals surface area contributed by atoms with Crippen LogP contribution in [0.2, 0.25) is 0 Å².